The summed E-state index contributed by atoms with van der Waals surface area (Å²) < 4.78 is 0. The van der Waals surface area contributed by atoms with Gasteiger partial charge in [-0.05, 0) is 133 Å². The second kappa shape index (κ2) is 32.1. The fraction of sp³-hybridized carbons (Fsp3) is 0.0317. The van der Waals surface area contributed by atoms with Crippen LogP contribution in [0, 0.1) is 0 Å². The van der Waals surface area contributed by atoms with E-state index in [4.69, 9.17) is 38.9 Å². The number of nitrogen functional groups attached to an aromatic ring is 3. The maximum absolute atomic E-state index is 12.4. The van der Waals surface area contributed by atoms with Crippen LogP contribution in [-0.2, 0) is 0 Å². The Labute approximate surface area is 489 Å². The largest absolute Gasteiger partial charge is 0.478 e. The molecule has 0 bridgehead atoms. The van der Waals surface area contributed by atoms with Gasteiger partial charge >= 0.3 is 11.9 Å². The van der Waals surface area contributed by atoms with Crippen molar-refractivity contribution in [2.24, 2.45) is 16.5 Å². The summed E-state index contributed by atoms with van der Waals surface area (Å²) in [6, 6.07) is 54.1. The number of ketones is 1. The van der Waals surface area contributed by atoms with Crippen LogP contribution in [0.4, 0.5) is 51.7 Å². The molecular formula is C63H60N16O6. The SMILES string of the molecule is CN(C)/C=C/C(=O)c1ccccc1.NC(N)=Nc1ccc(C(=O)O)cc1.Nc1ccccc1N.Nc1ccccc1NC(=O)c1ccc(Nc2nccc(-c3cccnc3)n2)cc1.O=C(O)c1ccc(Nc2nccc(-c3cccnc3)n2)cc1. The van der Waals surface area contributed by atoms with E-state index < -0.39 is 11.9 Å². The van der Waals surface area contributed by atoms with E-state index in [-0.39, 0.29) is 28.8 Å². The number of hydrogen-bond donors (Lipinski definition) is 10. The number of nitrogens with one attached hydrogen (secondary N) is 3. The summed E-state index contributed by atoms with van der Waals surface area (Å²) in [5.74, 6) is -1.29. The molecule has 6 aromatic carbocycles. The molecule has 22 heteroatoms. The molecule has 0 fully saturated rings. The first kappa shape index (κ1) is 61.9. The van der Waals surface area contributed by atoms with Crippen molar-refractivity contribution in [3.8, 4) is 22.5 Å². The minimum Gasteiger partial charge on any atom is -0.478 e. The van der Waals surface area contributed by atoms with Gasteiger partial charge in [-0.2, -0.15) is 0 Å². The second-order valence-electron chi connectivity index (χ2n) is 17.8. The molecule has 0 aliphatic heterocycles. The van der Waals surface area contributed by atoms with Gasteiger partial charge in [0.05, 0.1) is 51.0 Å². The summed E-state index contributed by atoms with van der Waals surface area (Å²) in [5.41, 5.74) is 36.3. The van der Waals surface area contributed by atoms with Crippen molar-refractivity contribution in [3.63, 3.8) is 0 Å². The summed E-state index contributed by atoms with van der Waals surface area (Å²) in [6.45, 7) is 0. The van der Waals surface area contributed by atoms with Crippen molar-refractivity contribution < 1.29 is 29.4 Å². The standard InChI is InChI=1S/C22H18N6O.C16H12N4O2.C11H13NO.C8H9N3O2.C6H8N2/c23-18-5-1-2-6-20(18)27-21(29)15-7-9-17(10-8-15)26-22-25-13-11-19(28-22)16-4-3-12-24-14-16;21-15(22)11-3-5-13(6-4-11)19-16-18-9-7-14(20-16)12-2-1-8-17-10-12;1-12(2)9-8-11(13)10-6-4-3-5-7-10;9-8(10)11-6-3-1-5(2-4-6)7(12)13;7-5-3-1-2-4-6(5)8/h1-14H,23H2,(H,27,29)(H,25,26,28);1-10H,(H,21,22)(H,18,19,20);3-9H,1-2H3;1-4H,(H,12,13)(H4,9,10,11);1-4H,7-8H2/b;;9-8+;;. The molecule has 4 aromatic heterocycles. The third kappa shape index (κ3) is 21.0. The van der Waals surface area contributed by atoms with Crippen molar-refractivity contribution in [3.05, 3.63) is 260 Å². The number of amides is 1. The van der Waals surface area contributed by atoms with Gasteiger partial charge in [0.1, 0.15) is 0 Å². The van der Waals surface area contributed by atoms with Crippen LogP contribution >= 0.6 is 0 Å². The highest BCUT2D eigenvalue weighted by molar-refractivity contribution is 6.06. The third-order valence-electron chi connectivity index (χ3n) is 11.2. The van der Waals surface area contributed by atoms with Crippen LogP contribution in [0.3, 0.4) is 0 Å². The van der Waals surface area contributed by atoms with Crippen molar-refractivity contribution in [2.75, 3.05) is 47.2 Å². The summed E-state index contributed by atoms with van der Waals surface area (Å²) in [6.07, 6.45) is 13.5. The lowest BCUT2D eigenvalue weighted by molar-refractivity contribution is 0.0686. The molecule has 0 atom stereocenters. The number of carboxylic acid groups (broad SMARTS) is 2. The average molecular weight is 1140 g/mol. The Hall–Kier alpha value is -12.3. The number of aromatic nitrogens is 6. The minimum absolute atomic E-state index is 0.0364. The van der Waals surface area contributed by atoms with Crippen molar-refractivity contribution in [1.82, 2.24) is 34.8 Å². The molecule has 0 saturated heterocycles. The monoisotopic (exact) mass is 1140 g/mol. The Morgan fingerprint density at radius 2 is 0.941 bits per heavy atom. The van der Waals surface area contributed by atoms with Gasteiger partial charge in [0.2, 0.25) is 11.9 Å². The van der Waals surface area contributed by atoms with Gasteiger partial charge < -0.3 is 59.7 Å². The van der Waals surface area contributed by atoms with Crippen molar-refractivity contribution in [1.29, 1.82) is 0 Å². The molecule has 22 nitrogen and oxygen atoms in total. The van der Waals surface area contributed by atoms with Crippen molar-refractivity contribution in [2.45, 2.75) is 0 Å². The molecule has 0 aliphatic carbocycles. The molecule has 0 unspecified atom stereocenters. The number of carbonyl (C=O) groups is 4. The van der Waals surface area contributed by atoms with Gasteiger partial charge in [0.25, 0.3) is 5.91 Å². The topological polar surface area (TPSA) is 368 Å². The van der Waals surface area contributed by atoms with Crippen LogP contribution in [0.5, 0.6) is 0 Å². The minimum atomic E-state index is -0.976. The van der Waals surface area contributed by atoms with E-state index >= 15 is 0 Å². The van der Waals surface area contributed by atoms with Gasteiger partial charge in [-0.15, -0.1) is 0 Å². The number of carboxylic acids is 2. The molecule has 85 heavy (non-hydrogen) atoms. The third-order valence-corrected chi connectivity index (χ3v) is 11.2. The Morgan fingerprint density at radius 3 is 1.36 bits per heavy atom. The number of aromatic carboxylic acids is 2. The highest BCUT2D eigenvalue weighted by Gasteiger charge is 2.10. The van der Waals surface area contributed by atoms with Gasteiger partial charge in [-0.1, -0.05) is 54.6 Å². The van der Waals surface area contributed by atoms with Crippen LogP contribution in [0.15, 0.2) is 243 Å². The van der Waals surface area contributed by atoms with E-state index in [2.05, 4.69) is 50.8 Å². The van der Waals surface area contributed by atoms with Crippen molar-refractivity contribution >= 4 is 81.3 Å². The fourth-order valence-corrected chi connectivity index (χ4v) is 6.91. The zero-order valence-electron chi connectivity index (χ0n) is 46.0. The van der Waals surface area contributed by atoms with E-state index in [0.29, 0.717) is 51.6 Å². The molecule has 10 rings (SSSR count). The molecular weight excluding hydrogens is 1080 g/mol. The number of carbonyl (C=O) groups excluding carboxylic acids is 2. The van der Waals surface area contributed by atoms with E-state index in [1.807, 2.05) is 104 Å². The molecule has 428 valence electrons. The summed E-state index contributed by atoms with van der Waals surface area (Å²) >= 11 is 0. The molecule has 0 radical (unpaired) electrons. The van der Waals surface area contributed by atoms with Gasteiger partial charge in [0.15, 0.2) is 11.7 Å². The Balaban J connectivity index is 0.000000182. The van der Waals surface area contributed by atoms with Gasteiger partial charge in [-0.3, -0.25) is 19.6 Å². The number of guanidine groups is 1. The first-order valence-electron chi connectivity index (χ1n) is 25.6. The summed E-state index contributed by atoms with van der Waals surface area (Å²) in [4.78, 5) is 76.2. The lowest BCUT2D eigenvalue weighted by Crippen LogP contribution is -2.21. The molecule has 1 amide bonds. The molecule has 10 aromatic rings. The summed E-state index contributed by atoms with van der Waals surface area (Å²) in [7, 11) is 3.77. The number of hydrogen-bond acceptors (Lipinski definition) is 17. The van der Waals surface area contributed by atoms with Crippen LogP contribution in [0.25, 0.3) is 22.5 Å². The maximum atomic E-state index is 12.4. The Kier molecular flexibility index (Phi) is 23.3. The normalized spacial score (nSPS) is 10.0. The predicted octanol–water partition coefficient (Wildman–Crippen LogP) is 10.2. The first-order valence-corrected chi connectivity index (χ1v) is 25.6. The van der Waals surface area contributed by atoms with Crippen LogP contribution < -0.4 is 44.6 Å². The lowest BCUT2D eigenvalue weighted by atomic mass is 10.1. The van der Waals surface area contributed by atoms with Crippen LogP contribution in [0.2, 0.25) is 0 Å². The average Bonchev–Trinajstić information content (AvgIpc) is 3.72. The molecule has 15 N–H and O–H groups in total. The number of rotatable bonds is 14. The highest BCUT2D eigenvalue weighted by atomic mass is 16.4. The number of anilines is 8. The number of para-hydroxylation sites is 4. The molecule has 0 saturated carbocycles. The maximum Gasteiger partial charge on any atom is 0.335 e. The van der Waals surface area contributed by atoms with Crippen LogP contribution in [0.1, 0.15) is 41.4 Å². The predicted molar refractivity (Wildman–Crippen MR) is 333 cm³/mol. The second-order valence-corrected chi connectivity index (χ2v) is 17.8. The van der Waals surface area contributed by atoms with E-state index in [1.54, 1.807) is 116 Å². The quantitative estimate of drug-likeness (QED) is 0.0159. The van der Waals surface area contributed by atoms with Gasteiger partial charge in [0, 0.05) is 97.2 Å². The molecule has 4 heterocycles. The Bertz CT molecular complexity index is 3800. The fourth-order valence-electron chi connectivity index (χ4n) is 6.91. The number of aliphatic imine (C=N–C) groups is 1. The zero-order valence-corrected chi connectivity index (χ0v) is 46.0. The number of nitrogens with two attached hydrogens (primary N) is 5. The number of pyridine rings is 2. The zero-order chi connectivity index (χ0) is 60.9. The first-order chi connectivity index (χ1) is 41.0. The van der Waals surface area contributed by atoms with E-state index in [9.17, 15) is 19.2 Å². The number of benzene rings is 6. The van der Waals surface area contributed by atoms with Gasteiger partial charge in [-0.25, -0.2) is 34.5 Å². The lowest BCUT2D eigenvalue weighted by Gasteiger charge is -2.09. The molecule has 0 aliphatic rings. The smallest absolute Gasteiger partial charge is 0.335 e. The summed E-state index contributed by atoms with van der Waals surface area (Å²) in [5, 5.41) is 26.4. The highest BCUT2D eigenvalue weighted by Crippen LogP contribution is 2.23. The Morgan fingerprint density at radius 1 is 0.494 bits per heavy atom. The van der Waals surface area contributed by atoms with Crippen LogP contribution in [-0.4, -0.2) is 88.7 Å². The number of allylic oxidation sites excluding steroid dienone is 1. The number of nitrogens with zero attached hydrogens (tertiary/aromatic N) is 8. The molecule has 0 spiro atoms. The van der Waals surface area contributed by atoms with E-state index in [1.165, 1.54) is 36.4 Å². The van der Waals surface area contributed by atoms with E-state index in [0.717, 1.165) is 33.8 Å².